The molecule has 1 heterocycles. The quantitative estimate of drug-likeness (QED) is 0.855. The zero-order chi connectivity index (χ0) is 13.9. The Morgan fingerprint density at radius 2 is 1.85 bits per heavy atom. The third kappa shape index (κ3) is 3.88. The van der Waals surface area contributed by atoms with Crippen molar-refractivity contribution in [2.24, 2.45) is 5.92 Å². The molecule has 3 rings (SSSR count). The SMILES string of the molecule is Clc1cccc(Cl)c1CN(CC1CC1)CC1CCCN1. The second kappa shape index (κ2) is 6.65. The molecular weight excluding hydrogens is 291 g/mol. The molecule has 0 aromatic heterocycles. The molecule has 1 N–H and O–H groups in total. The lowest BCUT2D eigenvalue weighted by molar-refractivity contribution is 0.232. The van der Waals surface area contributed by atoms with Crippen LogP contribution in [0.5, 0.6) is 0 Å². The molecule has 110 valence electrons. The number of nitrogens with one attached hydrogen (secondary N) is 1. The summed E-state index contributed by atoms with van der Waals surface area (Å²) in [6.07, 6.45) is 5.35. The van der Waals surface area contributed by atoms with Crippen molar-refractivity contribution >= 4 is 23.2 Å². The zero-order valence-corrected chi connectivity index (χ0v) is 13.3. The topological polar surface area (TPSA) is 15.3 Å². The average molecular weight is 313 g/mol. The second-order valence-electron chi connectivity index (χ2n) is 6.13. The van der Waals surface area contributed by atoms with Gasteiger partial charge in [0.05, 0.1) is 0 Å². The van der Waals surface area contributed by atoms with Gasteiger partial charge in [-0.25, -0.2) is 0 Å². The first-order valence-electron chi connectivity index (χ1n) is 7.61. The van der Waals surface area contributed by atoms with Crippen LogP contribution in [0.25, 0.3) is 0 Å². The zero-order valence-electron chi connectivity index (χ0n) is 11.7. The number of nitrogens with zero attached hydrogens (tertiary/aromatic N) is 1. The van der Waals surface area contributed by atoms with Crippen molar-refractivity contribution < 1.29 is 0 Å². The van der Waals surface area contributed by atoms with E-state index in [9.17, 15) is 0 Å². The lowest BCUT2D eigenvalue weighted by Crippen LogP contribution is -2.38. The van der Waals surface area contributed by atoms with Crippen LogP contribution in [0.3, 0.4) is 0 Å². The van der Waals surface area contributed by atoms with Gasteiger partial charge in [-0.05, 0) is 50.3 Å². The van der Waals surface area contributed by atoms with E-state index in [1.54, 1.807) is 0 Å². The van der Waals surface area contributed by atoms with Gasteiger partial charge >= 0.3 is 0 Å². The maximum absolute atomic E-state index is 6.32. The van der Waals surface area contributed by atoms with Gasteiger partial charge in [-0.1, -0.05) is 29.3 Å². The third-order valence-corrected chi connectivity index (χ3v) is 5.01. The molecule has 4 heteroatoms. The van der Waals surface area contributed by atoms with E-state index in [0.29, 0.717) is 6.04 Å². The first-order valence-corrected chi connectivity index (χ1v) is 8.36. The van der Waals surface area contributed by atoms with Crippen LogP contribution in [0.2, 0.25) is 10.0 Å². The fourth-order valence-corrected chi connectivity index (χ4v) is 3.52. The molecule has 1 aliphatic heterocycles. The molecule has 1 atom stereocenters. The Bertz CT molecular complexity index is 434. The van der Waals surface area contributed by atoms with E-state index in [1.165, 1.54) is 32.2 Å². The Kier molecular flexibility index (Phi) is 4.87. The van der Waals surface area contributed by atoms with E-state index >= 15 is 0 Å². The van der Waals surface area contributed by atoms with E-state index in [2.05, 4.69) is 10.2 Å². The molecule has 2 nitrogen and oxygen atoms in total. The van der Waals surface area contributed by atoms with Crippen LogP contribution in [0.1, 0.15) is 31.2 Å². The van der Waals surface area contributed by atoms with Gasteiger partial charge in [-0.2, -0.15) is 0 Å². The van der Waals surface area contributed by atoms with Crippen LogP contribution in [-0.4, -0.2) is 30.6 Å². The molecule has 0 radical (unpaired) electrons. The van der Waals surface area contributed by atoms with Crippen LogP contribution in [0, 0.1) is 5.92 Å². The maximum Gasteiger partial charge on any atom is 0.0465 e. The number of halogens is 2. The summed E-state index contributed by atoms with van der Waals surface area (Å²) in [6.45, 7) is 4.32. The van der Waals surface area contributed by atoms with Crippen molar-refractivity contribution in [3.8, 4) is 0 Å². The van der Waals surface area contributed by atoms with Gasteiger partial charge in [0.25, 0.3) is 0 Å². The maximum atomic E-state index is 6.32. The predicted molar refractivity (Wildman–Crippen MR) is 85.5 cm³/mol. The van der Waals surface area contributed by atoms with Crippen molar-refractivity contribution in [3.05, 3.63) is 33.8 Å². The molecule has 1 aromatic carbocycles. The number of benzene rings is 1. The van der Waals surface area contributed by atoms with Crippen molar-refractivity contribution in [3.63, 3.8) is 0 Å². The summed E-state index contributed by atoms with van der Waals surface area (Å²) in [7, 11) is 0. The van der Waals surface area contributed by atoms with Crippen LogP contribution < -0.4 is 5.32 Å². The van der Waals surface area contributed by atoms with Gasteiger partial charge < -0.3 is 5.32 Å². The summed E-state index contributed by atoms with van der Waals surface area (Å²) in [5.41, 5.74) is 1.08. The monoisotopic (exact) mass is 312 g/mol. The van der Waals surface area contributed by atoms with Crippen LogP contribution in [0.4, 0.5) is 0 Å². The Balaban J connectivity index is 1.67. The summed E-state index contributed by atoms with van der Waals surface area (Å²) in [5, 5.41) is 5.17. The lowest BCUT2D eigenvalue weighted by atomic mass is 10.1. The van der Waals surface area contributed by atoms with Crippen LogP contribution in [-0.2, 0) is 6.54 Å². The largest absolute Gasteiger partial charge is 0.313 e. The summed E-state index contributed by atoms with van der Waals surface area (Å²) in [6, 6.07) is 6.42. The number of rotatable bonds is 6. The molecule has 0 spiro atoms. The molecule has 1 aromatic rings. The number of hydrogen-bond donors (Lipinski definition) is 1. The molecule has 2 fully saturated rings. The first kappa shape index (κ1) is 14.6. The van der Waals surface area contributed by atoms with Gasteiger partial charge in [0.2, 0.25) is 0 Å². The molecule has 0 amide bonds. The summed E-state index contributed by atoms with van der Waals surface area (Å²) >= 11 is 12.6. The van der Waals surface area contributed by atoms with E-state index in [0.717, 1.165) is 41.2 Å². The van der Waals surface area contributed by atoms with E-state index in [1.807, 2.05) is 18.2 Å². The standard InChI is InChI=1S/C16H22Cl2N2/c17-15-4-1-5-16(18)14(15)11-20(9-12-6-7-12)10-13-3-2-8-19-13/h1,4-5,12-13,19H,2-3,6-11H2. The first-order chi connectivity index (χ1) is 9.72. The smallest absolute Gasteiger partial charge is 0.0465 e. The Morgan fingerprint density at radius 1 is 1.10 bits per heavy atom. The molecule has 2 aliphatic rings. The van der Waals surface area contributed by atoms with E-state index in [-0.39, 0.29) is 0 Å². The Morgan fingerprint density at radius 3 is 2.45 bits per heavy atom. The Hall–Kier alpha value is -0.280. The lowest BCUT2D eigenvalue weighted by Gasteiger charge is -2.26. The minimum Gasteiger partial charge on any atom is -0.313 e. The highest BCUT2D eigenvalue weighted by molar-refractivity contribution is 6.35. The third-order valence-electron chi connectivity index (χ3n) is 4.30. The van der Waals surface area contributed by atoms with E-state index in [4.69, 9.17) is 23.2 Å². The highest BCUT2D eigenvalue weighted by atomic mass is 35.5. The van der Waals surface area contributed by atoms with Gasteiger partial charge in [-0.15, -0.1) is 0 Å². The second-order valence-corrected chi connectivity index (χ2v) is 6.95. The number of hydrogen-bond acceptors (Lipinski definition) is 2. The molecule has 1 aliphatic carbocycles. The molecule has 0 bridgehead atoms. The molecular formula is C16H22Cl2N2. The van der Waals surface area contributed by atoms with Gasteiger partial charge in [0.15, 0.2) is 0 Å². The van der Waals surface area contributed by atoms with Gasteiger partial charge in [-0.3, -0.25) is 4.90 Å². The highest BCUT2D eigenvalue weighted by Crippen LogP contribution is 2.32. The predicted octanol–water partition coefficient (Wildman–Crippen LogP) is 3.96. The fraction of sp³-hybridized carbons (Fsp3) is 0.625. The average Bonchev–Trinajstić information content (AvgIpc) is 3.08. The van der Waals surface area contributed by atoms with Crippen molar-refractivity contribution in [1.29, 1.82) is 0 Å². The fourth-order valence-electron chi connectivity index (χ4n) is 3.00. The van der Waals surface area contributed by atoms with Crippen LogP contribution in [0.15, 0.2) is 18.2 Å². The molecule has 1 saturated carbocycles. The molecule has 1 unspecified atom stereocenters. The summed E-state index contributed by atoms with van der Waals surface area (Å²) in [5.74, 6) is 0.887. The molecule has 20 heavy (non-hydrogen) atoms. The minimum atomic E-state index is 0.634. The van der Waals surface area contributed by atoms with E-state index < -0.39 is 0 Å². The van der Waals surface area contributed by atoms with Crippen molar-refractivity contribution in [2.75, 3.05) is 19.6 Å². The van der Waals surface area contributed by atoms with Crippen molar-refractivity contribution in [2.45, 2.75) is 38.3 Å². The van der Waals surface area contributed by atoms with Crippen LogP contribution >= 0.6 is 23.2 Å². The molecule has 1 saturated heterocycles. The normalized spacial score (nSPS) is 22.6. The minimum absolute atomic E-state index is 0.634. The Labute approximate surface area is 131 Å². The summed E-state index contributed by atoms with van der Waals surface area (Å²) in [4.78, 5) is 2.54. The van der Waals surface area contributed by atoms with Gasteiger partial charge in [0, 0.05) is 41.3 Å². The highest BCUT2D eigenvalue weighted by Gasteiger charge is 2.27. The van der Waals surface area contributed by atoms with Crippen molar-refractivity contribution in [1.82, 2.24) is 10.2 Å². The van der Waals surface area contributed by atoms with Gasteiger partial charge in [0.1, 0.15) is 0 Å². The summed E-state index contributed by atoms with van der Waals surface area (Å²) < 4.78 is 0.